The van der Waals surface area contributed by atoms with E-state index in [4.69, 9.17) is 4.74 Å². The maximum absolute atomic E-state index is 12.8. The van der Waals surface area contributed by atoms with Gasteiger partial charge in [0.1, 0.15) is 6.04 Å². The van der Waals surface area contributed by atoms with E-state index in [1.165, 1.54) is 0 Å². The quantitative estimate of drug-likeness (QED) is 0.783. The predicted octanol–water partition coefficient (Wildman–Crippen LogP) is 3.32. The molecule has 1 heterocycles. The summed E-state index contributed by atoms with van der Waals surface area (Å²) < 4.78 is 5.97. The highest BCUT2D eigenvalue weighted by Crippen LogP contribution is 2.24. The van der Waals surface area contributed by atoms with Crippen LogP contribution in [0.5, 0.6) is 0 Å². The van der Waals surface area contributed by atoms with E-state index < -0.39 is 6.04 Å². The number of amides is 1. The summed E-state index contributed by atoms with van der Waals surface area (Å²) in [5, 5.41) is 0. The third-order valence-corrected chi connectivity index (χ3v) is 4.25. The van der Waals surface area contributed by atoms with E-state index in [0.29, 0.717) is 25.1 Å². The van der Waals surface area contributed by atoms with E-state index in [2.05, 4.69) is 15.9 Å². The smallest absolute Gasteiger partial charge is 0.328 e. The van der Waals surface area contributed by atoms with E-state index in [1.807, 2.05) is 25.1 Å². The summed E-state index contributed by atoms with van der Waals surface area (Å²) in [6.07, 6.45) is 2.55. The molecule has 1 amide bonds. The van der Waals surface area contributed by atoms with Crippen molar-refractivity contribution in [1.82, 2.24) is 4.90 Å². The average molecular weight is 354 g/mol. The zero-order valence-electron chi connectivity index (χ0n) is 12.4. The molecule has 1 aromatic carbocycles. The molecule has 1 aromatic rings. The van der Waals surface area contributed by atoms with Gasteiger partial charge < -0.3 is 9.64 Å². The Labute approximate surface area is 133 Å². The number of piperidine rings is 1. The van der Waals surface area contributed by atoms with Gasteiger partial charge in [0.25, 0.3) is 5.91 Å². The van der Waals surface area contributed by atoms with Gasteiger partial charge >= 0.3 is 5.97 Å². The fourth-order valence-electron chi connectivity index (χ4n) is 2.64. The lowest BCUT2D eigenvalue weighted by Gasteiger charge is -2.34. The number of aryl methyl sites for hydroxylation is 1. The topological polar surface area (TPSA) is 46.6 Å². The third kappa shape index (κ3) is 3.64. The van der Waals surface area contributed by atoms with E-state index in [1.54, 1.807) is 11.8 Å². The summed E-state index contributed by atoms with van der Waals surface area (Å²) in [6, 6.07) is 5.17. The van der Waals surface area contributed by atoms with Crippen molar-refractivity contribution in [3.05, 3.63) is 33.8 Å². The highest BCUT2D eigenvalue weighted by atomic mass is 79.9. The van der Waals surface area contributed by atoms with Gasteiger partial charge in [0.05, 0.1) is 6.61 Å². The van der Waals surface area contributed by atoms with Crippen LogP contribution in [0.25, 0.3) is 0 Å². The minimum Gasteiger partial charge on any atom is -0.464 e. The maximum atomic E-state index is 12.8. The fourth-order valence-corrected chi connectivity index (χ4v) is 3.00. The van der Waals surface area contributed by atoms with Gasteiger partial charge in [-0.3, -0.25) is 4.79 Å². The van der Waals surface area contributed by atoms with Crippen LogP contribution in [0, 0.1) is 6.92 Å². The number of hydrogen-bond acceptors (Lipinski definition) is 3. The van der Waals surface area contributed by atoms with Crippen LogP contribution in [0.3, 0.4) is 0 Å². The molecule has 114 valence electrons. The van der Waals surface area contributed by atoms with Crippen LogP contribution < -0.4 is 0 Å². The van der Waals surface area contributed by atoms with Gasteiger partial charge in [-0.15, -0.1) is 0 Å². The number of rotatable bonds is 3. The van der Waals surface area contributed by atoms with E-state index in [-0.39, 0.29) is 11.9 Å². The first-order chi connectivity index (χ1) is 10.0. The van der Waals surface area contributed by atoms with Crippen molar-refractivity contribution in [3.8, 4) is 0 Å². The molecule has 0 saturated carbocycles. The minimum absolute atomic E-state index is 0.0912. The first kappa shape index (κ1) is 16.0. The van der Waals surface area contributed by atoms with E-state index in [0.717, 1.165) is 22.9 Å². The number of ether oxygens (including phenoxy) is 1. The number of benzene rings is 1. The molecule has 0 bridgehead atoms. The van der Waals surface area contributed by atoms with Crippen LogP contribution >= 0.6 is 15.9 Å². The van der Waals surface area contributed by atoms with Crippen molar-refractivity contribution >= 4 is 27.8 Å². The van der Waals surface area contributed by atoms with Gasteiger partial charge in [-0.25, -0.2) is 4.79 Å². The summed E-state index contributed by atoms with van der Waals surface area (Å²) in [5.41, 5.74) is 1.55. The van der Waals surface area contributed by atoms with Gasteiger partial charge in [0, 0.05) is 16.6 Å². The first-order valence-corrected chi connectivity index (χ1v) is 8.07. The van der Waals surface area contributed by atoms with Crippen molar-refractivity contribution in [2.45, 2.75) is 39.2 Å². The monoisotopic (exact) mass is 353 g/mol. The number of hydrogen-bond donors (Lipinski definition) is 0. The Morgan fingerprint density at radius 1 is 1.38 bits per heavy atom. The molecule has 1 aliphatic rings. The van der Waals surface area contributed by atoms with Crippen molar-refractivity contribution in [3.63, 3.8) is 0 Å². The van der Waals surface area contributed by atoms with Crippen molar-refractivity contribution in [2.24, 2.45) is 0 Å². The number of halogens is 1. The van der Waals surface area contributed by atoms with Gasteiger partial charge in [0.2, 0.25) is 0 Å². The molecule has 4 nitrogen and oxygen atoms in total. The second-order valence-electron chi connectivity index (χ2n) is 5.22. The third-order valence-electron chi connectivity index (χ3n) is 3.75. The molecule has 0 aliphatic carbocycles. The number of esters is 1. The van der Waals surface area contributed by atoms with Crippen LogP contribution in [0.4, 0.5) is 0 Å². The van der Waals surface area contributed by atoms with E-state index in [9.17, 15) is 9.59 Å². The van der Waals surface area contributed by atoms with Crippen molar-refractivity contribution in [2.75, 3.05) is 13.2 Å². The Balaban J connectivity index is 2.26. The van der Waals surface area contributed by atoms with Gasteiger partial charge in [-0.05, 0) is 50.8 Å². The SMILES string of the molecule is CCOC(=O)C1CCCCN1C(=O)c1cc(Br)ccc1C. The Hall–Kier alpha value is -1.36. The lowest BCUT2D eigenvalue weighted by Crippen LogP contribution is -2.48. The number of carbonyl (C=O) groups is 2. The molecule has 0 aromatic heterocycles. The minimum atomic E-state index is -0.454. The molecule has 0 spiro atoms. The molecule has 2 rings (SSSR count). The lowest BCUT2D eigenvalue weighted by molar-refractivity contribution is -0.149. The molecular weight excluding hydrogens is 334 g/mol. The molecule has 0 radical (unpaired) electrons. The Morgan fingerprint density at radius 3 is 2.86 bits per heavy atom. The summed E-state index contributed by atoms with van der Waals surface area (Å²) in [4.78, 5) is 26.5. The zero-order valence-corrected chi connectivity index (χ0v) is 14.0. The molecule has 1 atom stereocenters. The second kappa shape index (κ2) is 7.07. The zero-order chi connectivity index (χ0) is 15.4. The Morgan fingerprint density at radius 2 is 2.14 bits per heavy atom. The fraction of sp³-hybridized carbons (Fsp3) is 0.500. The van der Waals surface area contributed by atoms with Crippen LogP contribution in [-0.2, 0) is 9.53 Å². The molecule has 1 aliphatic heterocycles. The predicted molar refractivity (Wildman–Crippen MR) is 84.2 cm³/mol. The van der Waals surface area contributed by atoms with Crippen molar-refractivity contribution in [1.29, 1.82) is 0 Å². The number of likely N-dealkylation sites (tertiary alicyclic amines) is 1. The van der Waals surface area contributed by atoms with Crippen LogP contribution in [0.2, 0.25) is 0 Å². The first-order valence-electron chi connectivity index (χ1n) is 7.28. The molecule has 21 heavy (non-hydrogen) atoms. The van der Waals surface area contributed by atoms with Crippen molar-refractivity contribution < 1.29 is 14.3 Å². The Bertz CT molecular complexity index is 544. The molecular formula is C16H20BrNO3. The normalized spacial score (nSPS) is 18.4. The molecule has 0 N–H and O–H groups in total. The second-order valence-corrected chi connectivity index (χ2v) is 6.14. The van der Waals surface area contributed by atoms with E-state index >= 15 is 0 Å². The maximum Gasteiger partial charge on any atom is 0.328 e. The van der Waals surface area contributed by atoms with Gasteiger partial charge in [-0.2, -0.15) is 0 Å². The molecule has 5 heteroatoms. The molecule has 1 fully saturated rings. The van der Waals surface area contributed by atoms with Crippen LogP contribution in [0.15, 0.2) is 22.7 Å². The summed E-state index contributed by atoms with van der Waals surface area (Å²) in [7, 11) is 0. The molecule has 1 saturated heterocycles. The highest BCUT2D eigenvalue weighted by Gasteiger charge is 2.34. The summed E-state index contributed by atoms with van der Waals surface area (Å²) >= 11 is 3.40. The lowest BCUT2D eigenvalue weighted by atomic mass is 9.99. The Kier molecular flexibility index (Phi) is 5.39. The number of nitrogens with zero attached hydrogens (tertiary/aromatic N) is 1. The summed E-state index contributed by atoms with van der Waals surface area (Å²) in [5.74, 6) is -0.384. The highest BCUT2D eigenvalue weighted by molar-refractivity contribution is 9.10. The summed E-state index contributed by atoms with van der Waals surface area (Å²) in [6.45, 7) is 4.63. The van der Waals surface area contributed by atoms with Gasteiger partial charge in [-0.1, -0.05) is 22.0 Å². The average Bonchev–Trinajstić information content (AvgIpc) is 2.49. The van der Waals surface area contributed by atoms with Crippen LogP contribution in [-0.4, -0.2) is 36.0 Å². The standard InChI is InChI=1S/C16H20BrNO3/c1-3-21-16(20)14-6-4-5-9-18(14)15(19)13-10-12(17)8-7-11(13)2/h7-8,10,14H,3-6,9H2,1-2H3. The number of carbonyl (C=O) groups excluding carboxylic acids is 2. The van der Waals surface area contributed by atoms with Crippen LogP contribution in [0.1, 0.15) is 42.1 Å². The van der Waals surface area contributed by atoms with Gasteiger partial charge in [0.15, 0.2) is 0 Å². The largest absolute Gasteiger partial charge is 0.464 e. The molecule has 1 unspecified atom stereocenters.